The fourth-order valence-corrected chi connectivity index (χ4v) is 1.30. The van der Waals surface area contributed by atoms with Crippen molar-refractivity contribution in [3.05, 3.63) is 0 Å². The van der Waals surface area contributed by atoms with Crippen LogP contribution in [0.3, 0.4) is 0 Å². The van der Waals surface area contributed by atoms with Crippen LogP contribution in [0.15, 0.2) is 0 Å². The molecular formula is C7H15NO2. The van der Waals surface area contributed by atoms with Crippen LogP contribution in [0.4, 0.5) is 0 Å². The Balaban J connectivity index is 2.20. The van der Waals surface area contributed by atoms with Crippen LogP contribution >= 0.6 is 0 Å². The van der Waals surface area contributed by atoms with Crippen molar-refractivity contribution in [1.82, 2.24) is 4.90 Å². The standard InChI is InChI=1S/C7H15NO2/c1-8(4-5-9)6-2-3-7(6)10/h6-7,9-10H,2-5H2,1H3/t6-,7-/m1/s1. The fraction of sp³-hybridized carbons (Fsp3) is 1.00. The Bertz CT molecular complexity index is 108. The molecule has 0 unspecified atom stereocenters. The topological polar surface area (TPSA) is 43.7 Å². The molecule has 0 aliphatic heterocycles. The highest BCUT2D eigenvalue weighted by Gasteiger charge is 2.31. The van der Waals surface area contributed by atoms with E-state index in [1.165, 1.54) is 0 Å². The Morgan fingerprint density at radius 2 is 2.20 bits per heavy atom. The van der Waals surface area contributed by atoms with E-state index in [0.29, 0.717) is 12.6 Å². The molecule has 3 nitrogen and oxygen atoms in total. The van der Waals surface area contributed by atoms with Crippen LogP contribution in [0.2, 0.25) is 0 Å². The molecule has 1 saturated carbocycles. The van der Waals surface area contributed by atoms with Gasteiger partial charge in [-0.05, 0) is 19.9 Å². The predicted octanol–water partition coefficient (Wildman–Crippen LogP) is -0.566. The summed E-state index contributed by atoms with van der Waals surface area (Å²) >= 11 is 0. The van der Waals surface area contributed by atoms with Crippen LogP contribution in [-0.4, -0.2) is 47.5 Å². The summed E-state index contributed by atoms with van der Waals surface area (Å²) in [6.45, 7) is 0.849. The molecule has 2 N–H and O–H groups in total. The van der Waals surface area contributed by atoms with Gasteiger partial charge in [0.25, 0.3) is 0 Å². The Hall–Kier alpha value is -0.120. The summed E-state index contributed by atoms with van der Waals surface area (Å²) in [6.07, 6.45) is 1.83. The second-order valence-corrected chi connectivity index (χ2v) is 2.92. The molecule has 0 aromatic rings. The summed E-state index contributed by atoms with van der Waals surface area (Å²) in [5.74, 6) is 0. The Labute approximate surface area is 61.3 Å². The summed E-state index contributed by atoms with van der Waals surface area (Å²) < 4.78 is 0. The zero-order valence-corrected chi connectivity index (χ0v) is 6.32. The zero-order valence-electron chi connectivity index (χ0n) is 6.32. The van der Waals surface area contributed by atoms with Crippen LogP contribution in [0.1, 0.15) is 12.8 Å². The molecule has 0 spiro atoms. The van der Waals surface area contributed by atoms with E-state index in [-0.39, 0.29) is 12.7 Å². The minimum Gasteiger partial charge on any atom is -0.395 e. The van der Waals surface area contributed by atoms with Gasteiger partial charge in [0.15, 0.2) is 0 Å². The zero-order chi connectivity index (χ0) is 7.56. The predicted molar refractivity (Wildman–Crippen MR) is 38.7 cm³/mol. The SMILES string of the molecule is CN(CCO)[C@@H]1CC[C@H]1O. The van der Waals surface area contributed by atoms with Crippen molar-refractivity contribution in [3.8, 4) is 0 Å². The monoisotopic (exact) mass is 145 g/mol. The Morgan fingerprint density at radius 1 is 1.50 bits per heavy atom. The van der Waals surface area contributed by atoms with Gasteiger partial charge in [0.1, 0.15) is 0 Å². The van der Waals surface area contributed by atoms with E-state index in [4.69, 9.17) is 5.11 Å². The number of hydrogen-bond donors (Lipinski definition) is 2. The van der Waals surface area contributed by atoms with Gasteiger partial charge in [-0.15, -0.1) is 0 Å². The van der Waals surface area contributed by atoms with Gasteiger partial charge in [-0.25, -0.2) is 0 Å². The van der Waals surface area contributed by atoms with Crippen LogP contribution in [0.5, 0.6) is 0 Å². The van der Waals surface area contributed by atoms with Gasteiger partial charge < -0.3 is 10.2 Å². The number of nitrogens with zero attached hydrogens (tertiary/aromatic N) is 1. The third kappa shape index (κ3) is 1.48. The van der Waals surface area contributed by atoms with Crippen molar-refractivity contribution in [2.45, 2.75) is 25.0 Å². The quantitative estimate of drug-likeness (QED) is 0.559. The van der Waals surface area contributed by atoms with Crippen molar-refractivity contribution < 1.29 is 10.2 Å². The van der Waals surface area contributed by atoms with Crippen LogP contribution in [0, 0.1) is 0 Å². The van der Waals surface area contributed by atoms with E-state index >= 15 is 0 Å². The maximum absolute atomic E-state index is 9.18. The molecule has 0 radical (unpaired) electrons. The highest BCUT2D eigenvalue weighted by atomic mass is 16.3. The third-order valence-electron chi connectivity index (χ3n) is 2.22. The van der Waals surface area contributed by atoms with E-state index in [0.717, 1.165) is 12.8 Å². The van der Waals surface area contributed by atoms with Gasteiger partial charge in [-0.1, -0.05) is 0 Å². The summed E-state index contributed by atoms with van der Waals surface area (Å²) in [5.41, 5.74) is 0. The lowest BCUT2D eigenvalue weighted by Crippen LogP contribution is -2.49. The molecule has 1 aliphatic carbocycles. The summed E-state index contributed by atoms with van der Waals surface area (Å²) in [7, 11) is 1.93. The van der Waals surface area contributed by atoms with Crippen LogP contribution in [0.25, 0.3) is 0 Å². The molecule has 1 fully saturated rings. The number of aliphatic hydroxyl groups is 2. The first-order chi connectivity index (χ1) is 4.75. The van der Waals surface area contributed by atoms with Gasteiger partial charge >= 0.3 is 0 Å². The van der Waals surface area contributed by atoms with Gasteiger partial charge in [-0.3, -0.25) is 4.90 Å². The molecule has 10 heavy (non-hydrogen) atoms. The maximum Gasteiger partial charge on any atom is 0.0695 e. The molecule has 60 valence electrons. The largest absolute Gasteiger partial charge is 0.395 e. The molecule has 2 atom stereocenters. The van der Waals surface area contributed by atoms with Gasteiger partial charge in [0.05, 0.1) is 12.7 Å². The number of rotatable bonds is 3. The second kappa shape index (κ2) is 3.32. The summed E-state index contributed by atoms with van der Waals surface area (Å²) in [4.78, 5) is 2.01. The van der Waals surface area contributed by atoms with Crippen LogP contribution < -0.4 is 0 Å². The molecule has 0 saturated heterocycles. The number of hydrogen-bond acceptors (Lipinski definition) is 3. The van der Waals surface area contributed by atoms with Gasteiger partial charge in [0, 0.05) is 12.6 Å². The van der Waals surface area contributed by atoms with Crippen molar-refractivity contribution in [2.75, 3.05) is 20.2 Å². The molecule has 0 bridgehead atoms. The third-order valence-corrected chi connectivity index (χ3v) is 2.22. The highest BCUT2D eigenvalue weighted by Crippen LogP contribution is 2.23. The first kappa shape index (κ1) is 7.98. The van der Waals surface area contributed by atoms with Crippen molar-refractivity contribution in [2.24, 2.45) is 0 Å². The highest BCUT2D eigenvalue weighted by molar-refractivity contribution is 4.86. The molecule has 1 aliphatic rings. The minimum absolute atomic E-state index is 0.156. The van der Waals surface area contributed by atoms with Crippen molar-refractivity contribution in [3.63, 3.8) is 0 Å². The first-order valence-corrected chi connectivity index (χ1v) is 3.75. The van der Waals surface area contributed by atoms with Gasteiger partial charge in [-0.2, -0.15) is 0 Å². The van der Waals surface area contributed by atoms with Gasteiger partial charge in [0.2, 0.25) is 0 Å². The average Bonchev–Trinajstić information content (AvgIpc) is 1.85. The van der Waals surface area contributed by atoms with E-state index in [2.05, 4.69) is 0 Å². The van der Waals surface area contributed by atoms with Crippen molar-refractivity contribution >= 4 is 0 Å². The molecule has 0 amide bonds. The molecular weight excluding hydrogens is 130 g/mol. The van der Waals surface area contributed by atoms with E-state index < -0.39 is 0 Å². The van der Waals surface area contributed by atoms with Crippen LogP contribution in [-0.2, 0) is 0 Å². The molecule has 1 rings (SSSR count). The van der Waals surface area contributed by atoms with E-state index in [9.17, 15) is 5.11 Å². The normalized spacial score (nSPS) is 32.4. The van der Waals surface area contributed by atoms with E-state index in [1.807, 2.05) is 11.9 Å². The molecule has 3 heteroatoms. The second-order valence-electron chi connectivity index (χ2n) is 2.92. The summed E-state index contributed by atoms with van der Waals surface area (Å²) in [6, 6.07) is 0.298. The lowest BCUT2D eigenvalue weighted by Gasteiger charge is -2.39. The van der Waals surface area contributed by atoms with Crippen molar-refractivity contribution in [1.29, 1.82) is 0 Å². The first-order valence-electron chi connectivity index (χ1n) is 3.75. The Kier molecular flexibility index (Phi) is 2.65. The summed E-state index contributed by atoms with van der Waals surface area (Å²) in [5, 5.41) is 17.7. The Morgan fingerprint density at radius 3 is 2.50 bits per heavy atom. The van der Waals surface area contributed by atoms with E-state index in [1.54, 1.807) is 0 Å². The fourth-order valence-electron chi connectivity index (χ4n) is 1.30. The molecule has 0 heterocycles. The lowest BCUT2D eigenvalue weighted by atomic mass is 9.88. The molecule has 0 aromatic carbocycles. The smallest absolute Gasteiger partial charge is 0.0695 e. The lowest BCUT2D eigenvalue weighted by molar-refractivity contribution is -0.0145. The number of aliphatic hydroxyl groups excluding tert-OH is 2. The molecule has 0 aromatic heterocycles. The average molecular weight is 145 g/mol. The number of likely N-dealkylation sites (N-methyl/N-ethyl adjacent to an activating group) is 1. The minimum atomic E-state index is -0.156. The maximum atomic E-state index is 9.18.